The summed E-state index contributed by atoms with van der Waals surface area (Å²) in [6, 6.07) is 0. The summed E-state index contributed by atoms with van der Waals surface area (Å²) in [6.07, 6.45) is 0.593. The number of carboxylic acid groups (broad SMARTS) is 2. The molecule has 3 aliphatic rings. The van der Waals surface area contributed by atoms with Gasteiger partial charge in [0.05, 0.1) is 23.5 Å². The largest absolute Gasteiger partial charge is 0.481 e. The maximum atomic E-state index is 11.5. The van der Waals surface area contributed by atoms with Crippen LogP contribution < -0.4 is 0 Å². The summed E-state index contributed by atoms with van der Waals surface area (Å²) in [6.45, 7) is 3.42. The van der Waals surface area contributed by atoms with Crippen molar-refractivity contribution in [3.63, 3.8) is 0 Å². The first kappa shape index (κ1) is 10.1. The molecule has 16 heavy (non-hydrogen) atoms. The standard InChI is InChI=1S/C11H14O5/c1-10-3-4(6-7(10)16-6)5(8(12)13)11(10,2)9(14)15/h4-7H,3H2,1-2H3,(H,12,13)(H,14,15). The fourth-order valence-corrected chi connectivity index (χ4v) is 4.09. The molecule has 3 rings (SSSR count). The molecular weight excluding hydrogens is 212 g/mol. The van der Waals surface area contributed by atoms with E-state index in [4.69, 9.17) is 4.74 Å². The molecule has 0 aromatic carbocycles. The average molecular weight is 226 g/mol. The van der Waals surface area contributed by atoms with E-state index in [-0.39, 0.29) is 18.1 Å². The maximum Gasteiger partial charge on any atom is 0.310 e. The zero-order chi connectivity index (χ0) is 11.9. The summed E-state index contributed by atoms with van der Waals surface area (Å²) >= 11 is 0. The molecular formula is C11H14O5. The SMILES string of the molecule is CC12CC(C3OC31)C(C(=O)O)C2(C)C(=O)O. The van der Waals surface area contributed by atoms with Crippen LogP contribution in [0.3, 0.4) is 0 Å². The van der Waals surface area contributed by atoms with Gasteiger partial charge in [-0.05, 0) is 13.3 Å². The van der Waals surface area contributed by atoms with Crippen LogP contribution >= 0.6 is 0 Å². The van der Waals surface area contributed by atoms with Crippen molar-refractivity contribution in [2.24, 2.45) is 22.7 Å². The van der Waals surface area contributed by atoms with Crippen molar-refractivity contribution >= 4 is 11.9 Å². The zero-order valence-electron chi connectivity index (χ0n) is 9.14. The second-order valence-corrected chi connectivity index (χ2v) is 5.63. The summed E-state index contributed by atoms with van der Waals surface area (Å²) in [5.74, 6) is -2.97. The summed E-state index contributed by atoms with van der Waals surface area (Å²) in [4.78, 5) is 22.8. The molecule has 5 nitrogen and oxygen atoms in total. The number of carboxylic acids is 2. The van der Waals surface area contributed by atoms with Crippen molar-refractivity contribution in [3.05, 3.63) is 0 Å². The number of hydrogen-bond donors (Lipinski definition) is 2. The van der Waals surface area contributed by atoms with Gasteiger partial charge in [0.2, 0.25) is 0 Å². The Labute approximate surface area is 92.4 Å². The molecule has 0 spiro atoms. The van der Waals surface area contributed by atoms with Gasteiger partial charge in [-0.3, -0.25) is 9.59 Å². The van der Waals surface area contributed by atoms with E-state index in [2.05, 4.69) is 0 Å². The molecule has 2 saturated carbocycles. The lowest BCUT2D eigenvalue weighted by molar-refractivity contribution is -0.169. The minimum absolute atomic E-state index is 0.0153. The van der Waals surface area contributed by atoms with Gasteiger partial charge >= 0.3 is 11.9 Å². The van der Waals surface area contributed by atoms with E-state index < -0.39 is 28.7 Å². The molecule has 2 aliphatic carbocycles. The normalized spacial score (nSPS) is 57.1. The van der Waals surface area contributed by atoms with E-state index in [0.717, 1.165) is 0 Å². The minimum atomic E-state index is -1.21. The highest BCUT2D eigenvalue weighted by atomic mass is 16.6. The molecule has 2 N–H and O–H groups in total. The molecule has 1 saturated heterocycles. The number of epoxide rings is 1. The third-order valence-corrected chi connectivity index (χ3v) is 5.18. The van der Waals surface area contributed by atoms with Crippen LogP contribution in [0.25, 0.3) is 0 Å². The lowest BCUT2D eigenvalue weighted by Gasteiger charge is -2.40. The molecule has 0 radical (unpaired) electrons. The number of rotatable bonds is 2. The number of fused-ring (bicyclic) bond motifs is 5. The van der Waals surface area contributed by atoms with Gasteiger partial charge in [-0.2, -0.15) is 0 Å². The number of carbonyl (C=O) groups is 2. The monoisotopic (exact) mass is 226 g/mol. The highest BCUT2D eigenvalue weighted by molar-refractivity contribution is 5.86. The zero-order valence-corrected chi connectivity index (χ0v) is 9.14. The molecule has 6 unspecified atom stereocenters. The van der Waals surface area contributed by atoms with Gasteiger partial charge in [-0.15, -0.1) is 0 Å². The summed E-state index contributed by atoms with van der Waals surface area (Å²) in [5.41, 5.74) is -1.74. The van der Waals surface area contributed by atoms with E-state index in [9.17, 15) is 19.8 Å². The second-order valence-electron chi connectivity index (χ2n) is 5.63. The molecule has 0 aromatic heterocycles. The van der Waals surface area contributed by atoms with Crippen molar-refractivity contribution in [1.29, 1.82) is 0 Å². The van der Waals surface area contributed by atoms with E-state index in [1.807, 2.05) is 6.92 Å². The van der Waals surface area contributed by atoms with Crippen molar-refractivity contribution in [2.45, 2.75) is 32.5 Å². The van der Waals surface area contributed by atoms with Crippen molar-refractivity contribution < 1.29 is 24.5 Å². The summed E-state index contributed by atoms with van der Waals surface area (Å²) in [5, 5.41) is 18.6. The molecule has 2 bridgehead atoms. The van der Waals surface area contributed by atoms with E-state index in [0.29, 0.717) is 6.42 Å². The highest BCUT2D eigenvalue weighted by Gasteiger charge is 2.81. The fourth-order valence-electron chi connectivity index (χ4n) is 4.09. The Balaban J connectivity index is 2.14. The Morgan fingerprint density at radius 2 is 1.94 bits per heavy atom. The summed E-state index contributed by atoms with van der Waals surface area (Å²) < 4.78 is 5.44. The van der Waals surface area contributed by atoms with Gasteiger partial charge in [0.1, 0.15) is 0 Å². The minimum Gasteiger partial charge on any atom is -0.481 e. The van der Waals surface area contributed by atoms with E-state index in [1.165, 1.54) is 0 Å². The van der Waals surface area contributed by atoms with E-state index >= 15 is 0 Å². The third kappa shape index (κ3) is 0.764. The van der Waals surface area contributed by atoms with Gasteiger partial charge in [0.25, 0.3) is 0 Å². The fraction of sp³-hybridized carbons (Fsp3) is 0.818. The number of ether oxygens (including phenoxy) is 1. The maximum absolute atomic E-state index is 11.5. The Morgan fingerprint density at radius 1 is 1.31 bits per heavy atom. The molecule has 88 valence electrons. The van der Waals surface area contributed by atoms with Crippen molar-refractivity contribution in [2.75, 3.05) is 0 Å². The number of aliphatic carboxylic acids is 2. The quantitative estimate of drug-likeness (QED) is 0.673. The molecule has 0 aromatic rings. The van der Waals surface area contributed by atoms with Crippen LogP contribution in [0.1, 0.15) is 20.3 Å². The van der Waals surface area contributed by atoms with Crippen LogP contribution in [0.5, 0.6) is 0 Å². The van der Waals surface area contributed by atoms with Gasteiger partial charge in [-0.25, -0.2) is 0 Å². The van der Waals surface area contributed by atoms with Crippen LogP contribution in [-0.2, 0) is 14.3 Å². The van der Waals surface area contributed by atoms with Crippen LogP contribution in [0.4, 0.5) is 0 Å². The Morgan fingerprint density at radius 3 is 2.44 bits per heavy atom. The van der Waals surface area contributed by atoms with E-state index in [1.54, 1.807) is 6.92 Å². The predicted octanol–water partition coefficient (Wildman–Crippen LogP) is 0.585. The van der Waals surface area contributed by atoms with Gasteiger partial charge in [0, 0.05) is 11.3 Å². The van der Waals surface area contributed by atoms with Crippen LogP contribution in [0.2, 0.25) is 0 Å². The molecule has 5 heteroatoms. The molecule has 1 aliphatic heterocycles. The van der Waals surface area contributed by atoms with Crippen molar-refractivity contribution in [3.8, 4) is 0 Å². The Hall–Kier alpha value is -1.10. The Kier molecular flexibility index (Phi) is 1.53. The average Bonchev–Trinajstić information content (AvgIpc) is 2.85. The molecule has 1 heterocycles. The van der Waals surface area contributed by atoms with Crippen LogP contribution in [0.15, 0.2) is 0 Å². The molecule has 0 amide bonds. The summed E-state index contributed by atoms with van der Waals surface area (Å²) in [7, 11) is 0. The van der Waals surface area contributed by atoms with Gasteiger partial charge in [0.15, 0.2) is 0 Å². The molecule has 6 atom stereocenters. The second kappa shape index (κ2) is 2.42. The topological polar surface area (TPSA) is 87.1 Å². The first-order valence-corrected chi connectivity index (χ1v) is 5.45. The first-order chi connectivity index (χ1) is 7.34. The smallest absolute Gasteiger partial charge is 0.310 e. The van der Waals surface area contributed by atoms with Gasteiger partial charge < -0.3 is 14.9 Å². The lowest BCUT2D eigenvalue weighted by atomic mass is 9.60. The number of hydrogen-bond acceptors (Lipinski definition) is 3. The van der Waals surface area contributed by atoms with Gasteiger partial charge in [-0.1, -0.05) is 6.92 Å². The predicted molar refractivity (Wildman–Crippen MR) is 51.7 cm³/mol. The first-order valence-electron chi connectivity index (χ1n) is 5.45. The third-order valence-electron chi connectivity index (χ3n) is 5.18. The van der Waals surface area contributed by atoms with Crippen LogP contribution in [-0.4, -0.2) is 34.4 Å². The Bertz CT molecular complexity index is 405. The van der Waals surface area contributed by atoms with Crippen molar-refractivity contribution in [1.82, 2.24) is 0 Å². The lowest BCUT2D eigenvalue weighted by Crippen LogP contribution is -2.52. The van der Waals surface area contributed by atoms with Crippen LogP contribution in [0, 0.1) is 22.7 Å². The molecule has 3 fully saturated rings. The highest BCUT2D eigenvalue weighted by Crippen LogP contribution is 2.73.